The van der Waals surface area contributed by atoms with E-state index in [1.165, 1.54) is 0 Å². The van der Waals surface area contributed by atoms with Gasteiger partial charge in [0.25, 0.3) is 0 Å². The number of benzene rings is 1. The summed E-state index contributed by atoms with van der Waals surface area (Å²) in [5.74, 6) is -0.378. The fourth-order valence-corrected chi connectivity index (χ4v) is 2.88. The zero-order valence-electron chi connectivity index (χ0n) is 14.5. The van der Waals surface area contributed by atoms with Gasteiger partial charge >= 0.3 is 0 Å². The van der Waals surface area contributed by atoms with Gasteiger partial charge in [-0.1, -0.05) is 12.1 Å². The maximum Gasteiger partial charge on any atom is 0.237 e. The zero-order chi connectivity index (χ0) is 18.4. The Morgan fingerprint density at radius 1 is 1.44 bits per heavy atom. The minimum atomic E-state index is -0.619. The average molecular weight is 348 g/mol. The highest BCUT2D eigenvalue weighted by Crippen LogP contribution is 2.21. The fourth-order valence-electron chi connectivity index (χ4n) is 2.88. The second kappa shape index (κ2) is 8.48. The van der Waals surface area contributed by atoms with Crippen molar-refractivity contribution < 1.29 is 19.1 Å². The number of methoxy groups -OCH3 is 1. The van der Waals surface area contributed by atoms with Gasteiger partial charge in [-0.2, -0.15) is 0 Å². The van der Waals surface area contributed by atoms with Crippen molar-refractivity contribution in [3.05, 3.63) is 29.3 Å². The maximum atomic E-state index is 12.2. The van der Waals surface area contributed by atoms with Gasteiger partial charge in [0.1, 0.15) is 5.75 Å². The number of hydrogen-bond acceptors (Lipinski definition) is 5. The van der Waals surface area contributed by atoms with Crippen molar-refractivity contribution in [1.29, 1.82) is 0 Å². The van der Waals surface area contributed by atoms with Crippen molar-refractivity contribution in [2.75, 3.05) is 26.7 Å². The molecule has 1 saturated heterocycles. The van der Waals surface area contributed by atoms with E-state index in [0.717, 1.165) is 16.9 Å². The molecule has 3 amide bonds. The van der Waals surface area contributed by atoms with Gasteiger partial charge in [0.2, 0.25) is 17.7 Å². The number of primary amides is 1. The number of nitrogens with two attached hydrogens (primary N) is 1. The highest BCUT2D eigenvalue weighted by atomic mass is 16.5. The molecular formula is C17H24N4O4. The van der Waals surface area contributed by atoms with Crippen LogP contribution in [-0.2, 0) is 20.9 Å². The number of amides is 3. The molecule has 136 valence electrons. The summed E-state index contributed by atoms with van der Waals surface area (Å²) in [6.45, 7) is 3.45. The highest BCUT2D eigenvalue weighted by molar-refractivity contribution is 5.90. The number of nitrogens with one attached hydrogen (secondary N) is 2. The van der Waals surface area contributed by atoms with E-state index in [1.807, 2.05) is 30.0 Å². The minimum Gasteiger partial charge on any atom is -0.496 e. The molecule has 1 aliphatic heterocycles. The van der Waals surface area contributed by atoms with Crippen molar-refractivity contribution in [2.45, 2.75) is 25.9 Å². The molecule has 1 fully saturated rings. The topological polar surface area (TPSA) is 114 Å². The summed E-state index contributed by atoms with van der Waals surface area (Å²) >= 11 is 0. The van der Waals surface area contributed by atoms with Crippen LogP contribution in [0, 0.1) is 6.92 Å². The Hall–Kier alpha value is -2.61. The number of rotatable bonds is 7. The average Bonchev–Trinajstić information content (AvgIpc) is 2.56. The number of piperazine rings is 1. The summed E-state index contributed by atoms with van der Waals surface area (Å²) in [7, 11) is 1.62. The lowest BCUT2D eigenvalue weighted by atomic mass is 10.1. The Morgan fingerprint density at radius 3 is 2.84 bits per heavy atom. The van der Waals surface area contributed by atoms with Gasteiger partial charge in [0, 0.05) is 19.6 Å². The van der Waals surface area contributed by atoms with Crippen LogP contribution in [0.3, 0.4) is 0 Å². The summed E-state index contributed by atoms with van der Waals surface area (Å²) in [5, 5.41) is 5.20. The van der Waals surface area contributed by atoms with Crippen molar-refractivity contribution in [3.8, 4) is 5.75 Å². The molecule has 8 heteroatoms. The molecule has 1 atom stereocenters. The van der Waals surface area contributed by atoms with Crippen LogP contribution in [0.4, 0.5) is 0 Å². The molecule has 1 aromatic carbocycles. The number of nitrogens with zero attached hydrogens (tertiary/aromatic N) is 1. The molecular weight excluding hydrogens is 324 g/mol. The standard InChI is InChI=1S/C17H24N4O4/c1-11-7-12(3-4-14(11)25-2)10-21-6-5-19-17(24)13(21)8-16(23)20-9-15(18)22/h3-4,7,13H,5-6,8-10H2,1-2H3,(H2,18,22)(H,19,24)(H,20,23). The smallest absolute Gasteiger partial charge is 0.237 e. The SMILES string of the molecule is COc1ccc(CN2CCNC(=O)C2CC(=O)NCC(N)=O)cc1C. The second-order valence-electron chi connectivity index (χ2n) is 6.03. The third-order valence-electron chi connectivity index (χ3n) is 4.13. The summed E-state index contributed by atoms with van der Waals surface area (Å²) in [5.41, 5.74) is 7.06. The monoisotopic (exact) mass is 348 g/mol. The van der Waals surface area contributed by atoms with Gasteiger partial charge in [0.15, 0.2) is 0 Å². The van der Waals surface area contributed by atoms with Crippen molar-refractivity contribution in [3.63, 3.8) is 0 Å². The molecule has 4 N–H and O–H groups in total. The lowest BCUT2D eigenvalue weighted by Gasteiger charge is -2.34. The normalized spacial score (nSPS) is 17.7. The van der Waals surface area contributed by atoms with Crippen molar-refractivity contribution >= 4 is 17.7 Å². The van der Waals surface area contributed by atoms with Gasteiger partial charge < -0.3 is 21.1 Å². The van der Waals surface area contributed by atoms with Gasteiger partial charge in [-0.25, -0.2) is 0 Å². The van der Waals surface area contributed by atoms with Crippen LogP contribution in [0.2, 0.25) is 0 Å². The number of ether oxygens (including phenoxy) is 1. The van der Waals surface area contributed by atoms with Crippen molar-refractivity contribution in [1.82, 2.24) is 15.5 Å². The summed E-state index contributed by atoms with van der Waals surface area (Å²) in [6.07, 6.45) is -0.0196. The first-order valence-corrected chi connectivity index (χ1v) is 8.11. The van der Waals surface area contributed by atoms with Gasteiger partial charge in [-0.15, -0.1) is 0 Å². The third-order valence-corrected chi connectivity index (χ3v) is 4.13. The van der Waals surface area contributed by atoms with Crippen LogP contribution in [0.1, 0.15) is 17.5 Å². The van der Waals surface area contributed by atoms with E-state index in [-0.39, 0.29) is 24.8 Å². The van der Waals surface area contributed by atoms with E-state index in [9.17, 15) is 14.4 Å². The summed E-state index contributed by atoms with van der Waals surface area (Å²) < 4.78 is 5.26. The van der Waals surface area contributed by atoms with E-state index in [4.69, 9.17) is 10.5 Å². The summed E-state index contributed by atoms with van der Waals surface area (Å²) in [4.78, 5) is 36.9. The highest BCUT2D eigenvalue weighted by Gasteiger charge is 2.31. The Kier molecular flexibility index (Phi) is 6.35. The molecule has 1 heterocycles. The molecule has 0 aliphatic carbocycles. The fraction of sp³-hybridized carbons (Fsp3) is 0.471. The first kappa shape index (κ1) is 18.7. The van der Waals surface area contributed by atoms with Gasteiger partial charge in [0.05, 0.1) is 26.1 Å². The minimum absolute atomic E-state index is 0.0196. The lowest BCUT2D eigenvalue weighted by molar-refractivity contribution is -0.134. The van der Waals surface area contributed by atoms with Crippen LogP contribution in [0.5, 0.6) is 5.75 Å². The summed E-state index contributed by atoms with van der Waals surface area (Å²) in [6, 6.07) is 5.27. The molecule has 8 nitrogen and oxygen atoms in total. The molecule has 0 saturated carbocycles. The van der Waals surface area contributed by atoms with E-state index < -0.39 is 11.9 Å². The Balaban J connectivity index is 2.05. The van der Waals surface area contributed by atoms with E-state index in [0.29, 0.717) is 19.6 Å². The quantitative estimate of drug-likeness (QED) is 0.603. The maximum absolute atomic E-state index is 12.2. The first-order valence-electron chi connectivity index (χ1n) is 8.11. The Labute approximate surface area is 146 Å². The molecule has 1 aromatic rings. The lowest BCUT2D eigenvalue weighted by Crippen LogP contribution is -2.56. The number of hydrogen-bond donors (Lipinski definition) is 3. The predicted octanol–water partition coefficient (Wildman–Crippen LogP) is -0.704. The number of carbonyl (C=O) groups is 3. The van der Waals surface area contributed by atoms with Crippen molar-refractivity contribution in [2.24, 2.45) is 5.73 Å². The molecule has 0 bridgehead atoms. The predicted molar refractivity (Wildman–Crippen MR) is 91.8 cm³/mol. The second-order valence-corrected chi connectivity index (χ2v) is 6.03. The van der Waals surface area contributed by atoms with Crippen LogP contribution >= 0.6 is 0 Å². The Morgan fingerprint density at radius 2 is 2.20 bits per heavy atom. The molecule has 1 unspecified atom stereocenters. The largest absolute Gasteiger partial charge is 0.496 e. The van der Waals surface area contributed by atoms with E-state index in [1.54, 1.807) is 7.11 Å². The van der Waals surface area contributed by atoms with Gasteiger partial charge in [-0.3, -0.25) is 19.3 Å². The molecule has 0 radical (unpaired) electrons. The van der Waals surface area contributed by atoms with Crippen LogP contribution in [0.15, 0.2) is 18.2 Å². The number of aryl methyl sites for hydroxylation is 1. The zero-order valence-corrected chi connectivity index (χ0v) is 14.5. The van der Waals surface area contributed by atoms with E-state index >= 15 is 0 Å². The van der Waals surface area contributed by atoms with E-state index in [2.05, 4.69) is 10.6 Å². The third kappa shape index (κ3) is 5.18. The number of carbonyl (C=O) groups excluding carboxylic acids is 3. The molecule has 2 rings (SSSR count). The first-order chi connectivity index (χ1) is 11.9. The van der Waals surface area contributed by atoms with Gasteiger partial charge in [-0.05, 0) is 24.1 Å². The molecule has 0 aromatic heterocycles. The molecule has 25 heavy (non-hydrogen) atoms. The van der Waals surface area contributed by atoms with Crippen LogP contribution < -0.4 is 21.1 Å². The Bertz CT molecular complexity index is 662. The van der Waals surface area contributed by atoms with Crippen LogP contribution in [-0.4, -0.2) is 55.4 Å². The molecule has 0 spiro atoms. The molecule has 1 aliphatic rings. The van der Waals surface area contributed by atoms with Crippen LogP contribution in [0.25, 0.3) is 0 Å².